The largest absolute Gasteiger partial charge is 0.494 e. The molecular formula is C12H15FN2OS. The molecule has 1 unspecified atom stereocenters. The van der Waals surface area contributed by atoms with Crippen molar-refractivity contribution in [3.05, 3.63) is 24.0 Å². The van der Waals surface area contributed by atoms with Gasteiger partial charge in [-0.25, -0.2) is 4.39 Å². The van der Waals surface area contributed by atoms with Crippen LogP contribution in [0.2, 0.25) is 0 Å². The first kappa shape index (κ1) is 12.2. The van der Waals surface area contributed by atoms with Crippen molar-refractivity contribution >= 4 is 22.6 Å². The van der Waals surface area contributed by atoms with Gasteiger partial charge in [-0.3, -0.25) is 4.99 Å². The molecule has 2 rings (SSSR count). The van der Waals surface area contributed by atoms with Crippen molar-refractivity contribution in [3.8, 4) is 5.75 Å². The van der Waals surface area contributed by atoms with Crippen LogP contribution in [0, 0.1) is 5.82 Å². The third kappa shape index (κ3) is 3.12. The van der Waals surface area contributed by atoms with Gasteiger partial charge in [0.1, 0.15) is 0 Å². The zero-order valence-electron chi connectivity index (χ0n) is 9.87. The van der Waals surface area contributed by atoms with E-state index in [4.69, 9.17) is 4.74 Å². The highest BCUT2D eigenvalue weighted by Crippen LogP contribution is 2.24. The third-order valence-corrected chi connectivity index (χ3v) is 3.44. The minimum Gasteiger partial charge on any atom is -0.494 e. The number of rotatable bonds is 2. The molecule has 0 fully saturated rings. The van der Waals surface area contributed by atoms with Crippen LogP contribution in [0.4, 0.5) is 10.1 Å². The summed E-state index contributed by atoms with van der Waals surface area (Å²) in [6.45, 7) is 2.09. The standard InChI is InChI=1S/C12H15FN2OS/c1-8-5-6-17-12(14-8)15-9-3-4-10(13)11(7-9)16-2/h3-4,7-8H,5-6H2,1-2H3,(H,14,15). The Labute approximate surface area is 104 Å². The highest BCUT2D eigenvalue weighted by Gasteiger charge is 2.12. The molecule has 1 atom stereocenters. The van der Waals surface area contributed by atoms with Gasteiger partial charge in [-0.1, -0.05) is 11.8 Å². The number of anilines is 1. The number of hydrogen-bond acceptors (Lipinski definition) is 4. The fraction of sp³-hybridized carbons (Fsp3) is 0.417. The molecule has 5 heteroatoms. The highest BCUT2D eigenvalue weighted by atomic mass is 32.2. The van der Waals surface area contributed by atoms with E-state index in [1.54, 1.807) is 23.9 Å². The second kappa shape index (κ2) is 5.40. The number of benzene rings is 1. The van der Waals surface area contributed by atoms with Crippen LogP contribution in [0.5, 0.6) is 5.75 Å². The first-order valence-electron chi connectivity index (χ1n) is 5.50. The van der Waals surface area contributed by atoms with Crippen molar-refractivity contribution in [2.45, 2.75) is 19.4 Å². The van der Waals surface area contributed by atoms with E-state index in [1.807, 2.05) is 0 Å². The molecule has 0 spiro atoms. The lowest BCUT2D eigenvalue weighted by Gasteiger charge is -2.18. The molecule has 0 aliphatic carbocycles. The summed E-state index contributed by atoms with van der Waals surface area (Å²) >= 11 is 1.68. The SMILES string of the molecule is COc1cc(NC2=NC(C)CCS2)ccc1F. The van der Waals surface area contributed by atoms with Gasteiger partial charge in [0.2, 0.25) is 0 Å². The Balaban J connectivity index is 2.13. The van der Waals surface area contributed by atoms with E-state index in [1.165, 1.54) is 13.2 Å². The minimum atomic E-state index is -0.357. The van der Waals surface area contributed by atoms with Crippen molar-refractivity contribution in [1.29, 1.82) is 0 Å². The van der Waals surface area contributed by atoms with Gasteiger partial charge in [0.15, 0.2) is 16.7 Å². The van der Waals surface area contributed by atoms with Crippen LogP contribution in [-0.2, 0) is 0 Å². The maximum Gasteiger partial charge on any atom is 0.165 e. The Morgan fingerprint density at radius 3 is 3.06 bits per heavy atom. The van der Waals surface area contributed by atoms with E-state index in [0.29, 0.717) is 6.04 Å². The van der Waals surface area contributed by atoms with Crippen molar-refractivity contribution in [3.63, 3.8) is 0 Å². The molecule has 1 aliphatic rings. The number of nitrogens with one attached hydrogen (secondary N) is 1. The summed E-state index contributed by atoms with van der Waals surface area (Å²) in [6, 6.07) is 5.05. The zero-order chi connectivity index (χ0) is 12.3. The van der Waals surface area contributed by atoms with Gasteiger partial charge in [0.25, 0.3) is 0 Å². The van der Waals surface area contributed by atoms with Crippen LogP contribution in [0.15, 0.2) is 23.2 Å². The molecule has 0 amide bonds. The molecule has 0 radical (unpaired) electrons. The zero-order valence-corrected chi connectivity index (χ0v) is 10.7. The Morgan fingerprint density at radius 2 is 2.35 bits per heavy atom. The Kier molecular flexibility index (Phi) is 3.89. The van der Waals surface area contributed by atoms with Crippen LogP contribution < -0.4 is 10.1 Å². The molecule has 0 saturated carbocycles. The summed E-state index contributed by atoms with van der Waals surface area (Å²) < 4.78 is 18.2. The number of amidine groups is 1. The summed E-state index contributed by atoms with van der Waals surface area (Å²) in [5.74, 6) is 0.944. The van der Waals surface area contributed by atoms with Gasteiger partial charge < -0.3 is 10.1 Å². The first-order chi connectivity index (χ1) is 8.19. The quantitative estimate of drug-likeness (QED) is 0.880. The van der Waals surface area contributed by atoms with Gasteiger partial charge in [-0.15, -0.1) is 0 Å². The number of ether oxygens (including phenoxy) is 1. The molecule has 92 valence electrons. The molecule has 0 bridgehead atoms. The Bertz CT molecular complexity index is 437. The van der Waals surface area contributed by atoms with E-state index in [9.17, 15) is 4.39 Å². The lowest BCUT2D eigenvalue weighted by atomic mass is 10.3. The van der Waals surface area contributed by atoms with E-state index in [0.717, 1.165) is 23.0 Å². The van der Waals surface area contributed by atoms with Crippen molar-refractivity contribution in [1.82, 2.24) is 0 Å². The molecule has 0 aromatic heterocycles. The first-order valence-corrected chi connectivity index (χ1v) is 6.49. The predicted molar refractivity (Wildman–Crippen MR) is 70.5 cm³/mol. The fourth-order valence-electron chi connectivity index (χ4n) is 1.56. The molecule has 0 saturated heterocycles. The monoisotopic (exact) mass is 254 g/mol. The highest BCUT2D eigenvalue weighted by molar-refractivity contribution is 8.14. The number of thioether (sulfide) groups is 1. The lowest BCUT2D eigenvalue weighted by Crippen LogP contribution is -2.18. The van der Waals surface area contributed by atoms with Gasteiger partial charge in [0.05, 0.1) is 13.2 Å². The number of halogens is 1. The van der Waals surface area contributed by atoms with E-state index >= 15 is 0 Å². The fourth-order valence-corrected chi connectivity index (χ4v) is 2.65. The van der Waals surface area contributed by atoms with Gasteiger partial charge in [-0.2, -0.15) is 0 Å². The molecule has 1 aromatic rings. The number of methoxy groups -OCH3 is 1. The average Bonchev–Trinajstić information content (AvgIpc) is 2.32. The molecule has 1 aliphatic heterocycles. The predicted octanol–water partition coefficient (Wildman–Crippen LogP) is 3.13. The van der Waals surface area contributed by atoms with Gasteiger partial charge >= 0.3 is 0 Å². The minimum absolute atomic E-state index is 0.240. The van der Waals surface area contributed by atoms with Crippen molar-refractivity contribution < 1.29 is 9.13 Å². The summed E-state index contributed by atoms with van der Waals surface area (Å²) in [6.07, 6.45) is 1.10. The molecule has 1 heterocycles. The van der Waals surface area contributed by atoms with Crippen molar-refractivity contribution in [2.75, 3.05) is 18.2 Å². The third-order valence-electron chi connectivity index (χ3n) is 2.51. The van der Waals surface area contributed by atoms with Crippen molar-refractivity contribution in [2.24, 2.45) is 4.99 Å². The van der Waals surface area contributed by atoms with E-state index in [2.05, 4.69) is 17.2 Å². The van der Waals surface area contributed by atoms with Crippen LogP contribution in [0.25, 0.3) is 0 Å². The summed E-state index contributed by atoms with van der Waals surface area (Å²) in [5, 5.41) is 4.07. The summed E-state index contributed by atoms with van der Waals surface area (Å²) in [5.41, 5.74) is 0.795. The van der Waals surface area contributed by atoms with E-state index in [-0.39, 0.29) is 11.6 Å². The maximum atomic E-state index is 13.2. The average molecular weight is 254 g/mol. The van der Waals surface area contributed by atoms with Gasteiger partial charge in [0, 0.05) is 17.5 Å². The smallest absolute Gasteiger partial charge is 0.165 e. The molecular weight excluding hydrogens is 239 g/mol. The Morgan fingerprint density at radius 1 is 1.53 bits per heavy atom. The molecule has 1 aromatic carbocycles. The summed E-state index contributed by atoms with van der Waals surface area (Å²) in [7, 11) is 1.46. The van der Waals surface area contributed by atoms with Gasteiger partial charge in [-0.05, 0) is 25.5 Å². The Hall–Kier alpha value is -1.23. The van der Waals surface area contributed by atoms with Crippen LogP contribution in [0.3, 0.4) is 0 Å². The molecule has 3 nitrogen and oxygen atoms in total. The molecule has 1 N–H and O–H groups in total. The maximum absolute atomic E-state index is 13.2. The summed E-state index contributed by atoms with van der Waals surface area (Å²) in [4.78, 5) is 4.49. The normalized spacial score (nSPS) is 19.7. The van der Waals surface area contributed by atoms with Crippen LogP contribution in [-0.4, -0.2) is 24.1 Å². The number of nitrogens with zero attached hydrogens (tertiary/aromatic N) is 1. The number of hydrogen-bond donors (Lipinski definition) is 1. The second-order valence-electron chi connectivity index (χ2n) is 3.89. The number of aliphatic imine (C=N–C) groups is 1. The molecule has 17 heavy (non-hydrogen) atoms. The second-order valence-corrected chi connectivity index (χ2v) is 4.98. The van der Waals surface area contributed by atoms with Crippen LogP contribution >= 0.6 is 11.8 Å². The lowest BCUT2D eigenvalue weighted by molar-refractivity contribution is 0.387. The van der Waals surface area contributed by atoms with Crippen LogP contribution in [0.1, 0.15) is 13.3 Å². The van der Waals surface area contributed by atoms with E-state index < -0.39 is 0 Å². The topological polar surface area (TPSA) is 33.6 Å².